The third-order valence-corrected chi connectivity index (χ3v) is 3.92. The van der Waals surface area contributed by atoms with Crippen LogP contribution in [0.3, 0.4) is 0 Å². The van der Waals surface area contributed by atoms with Crippen molar-refractivity contribution < 1.29 is 9.53 Å². The van der Waals surface area contributed by atoms with Crippen molar-refractivity contribution in [2.45, 2.75) is 103 Å². The lowest BCUT2D eigenvalue weighted by Crippen LogP contribution is -2.13. The van der Waals surface area contributed by atoms with Crippen LogP contribution < -0.4 is 0 Å². The van der Waals surface area contributed by atoms with Crippen molar-refractivity contribution in [3.63, 3.8) is 0 Å². The van der Waals surface area contributed by atoms with Gasteiger partial charge in [-0.05, 0) is 12.8 Å². The molecule has 0 rings (SSSR count). The Bertz CT molecular complexity index is 248. The van der Waals surface area contributed by atoms with Gasteiger partial charge in [-0.1, -0.05) is 90.2 Å². The molecule has 0 aliphatic carbocycles. The van der Waals surface area contributed by atoms with Crippen molar-refractivity contribution in [2.24, 2.45) is 0 Å². The van der Waals surface area contributed by atoms with E-state index in [1.807, 2.05) is 0 Å². The van der Waals surface area contributed by atoms with Crippen LogP contribution in [0.15, 0.2) is 12.7 Å². The topological polar surface area (TPSA) is 26.3 Å². The van der Waals surface area contributed by atoms with Crippen LogP contribution in [0, 0.1) is 0 Å². The number of esters is 1. The van der Waals surface area contributed by atoms with Crippen LogP contribution in [0.2, 0.25) is 0 Å². The molecule has 0 amide bonds. The highest BCUT2D eigenvalue weighted by atomic mass is 16.5. The van der Waals surface area contributed by atoms with Crippen LogP contribution in [0.25, 0.3) is 0 Å². The molecule has 0 aliphatic rings. The Hall–Kier alpha value is -0.790. The standard InChI is InChI=1S/C19H36O2/c1-4-6-7-8-9-10-11-12-13-14-15-16-17-19(5-2)21-18(3)20/h5,19H,2,4,6-17H2,1,3H3/t19-/m1/s1. The molecule has 1 atom stereocenters. The van der Waals surface area contributed by atoms with Crippen LogP contribution in [-0.2, 0) is 9.53 Å². The van der Waals surface area contributed by atoms with Gasteiger partial charge < -0.3 is 4.74 Å². The van der Waals surface area contributed by atoms with Crippen molar-refractivity contribution in [3.05, 3.63) is 12.7 Å². The van der Waals surface area contributed by atoms with Gasteiger partial charge in [0.25, 0.3) is 0 Å². The van der Waals surface area contributed by atoms with E-state index in [1.165, 1.54) is 77.6 Å². The Morgan fingerprint density at radius 1 is 0.905 bits per heavy atom. The molecule has 0 saturated carbocycles. The first-order chi connectivity index (χ1) is 10.2. The summed E-state index contributed by atoms with van der Waals surface area (Å²) in [5, 5.41) is 0. The zero-order valence-corrected chi connectivity index (χ0v) is 14.4. The van der Waals surface area contributed by atoms with E-state index < -0.39 is 0 Å². The minimum Gasteiger partial charge on any atom is -0.458 e. The van der Waals surface area contributed by atoms with E-state index in [-0.39, 0.29) is 12.1 Å². The molecule has 0 aromatic rings. The summed E-state index contributed by atoms with van der Waals surface area (Å²) in [6.07, 6.45) is 18.8. The predicted octanol–water partition coefficient (Wildman–Crippen LogP) is 6.20. The lowest BCUT2D eigenvalue weighted by atomic mass is 10.0. The molecule has 0 aromatic carbocycles. The Morgan fingerprint density at radius 2 is 1.33 bits per heavy atom. The molecular formula is C19H36O2. The minimum atomic E-state index is -0.209. The highest BCUT2D eigenvalue weighted by Crippen LogP contribution is 2.13. The van der Waals surface area contributed by atoms with Gasteiger partial charge in [-0.3, -0.25) is 4.79 Å². The lowest BCUT2D eigenvalue weighted by Gasteiger charge is -2.12. The van der Waals surface area contributed by atoms with Gasteiger partial charge in [-0.25, -0.2) is 0 Å². The van der Waals surface area contributed by atoms with Crippen molar-refractivity contribution in [1.82, 2.24) is 0 Å². The smallest absolute Gasteiger partial charge is 0.303 e. The van der Waals surface area contributed by atoms with Gasteiger partial charge in [0.15, 0.2) is 0 Å². The summed E-state index contributed by atoms with van der Waals surface area (Å²) in [7, 11) is 0. The first kappa shape index (κ1) is 20.2. The van der Waals surface area contributed by atoms with E-state index in [9.17, 15) is 4.79 Å². The van der Waals surface area contributed by atoms with Gasteiger partial charge in [0.2, 0.25) is 0 Å². The fourth-order valence-electron chi connectivity index (χ4n) is 2.62. The highest BCUT2D eigenvalue weighted by molar-refractivity contribution is 5.66. The van der Waals surface area contributed by atoms with Gasteiger partial charge in [-0.2, -0.15) is 0 Å². The quantitative estimate of drug-likeness (QED) is 0.204. The zero-order chi connectivity index (χ0) is 15.8. The molecule has 0 spiro atoms. The first-order valence-corrected chi connectivity index (χ1v) is 9.00. The second-order valence-corrected chi connectivity index (χ2v) is 6.06. The summed E-state index contributed by atoms with van der Waals surface area (Å²) in [5.74, 6) is -0.209. The fraction of sp³-hybridized carbons (Fsp3) is 0.842. The highest BCUT2D eigenvalue weighted by Gasteiger charge is 2.06. The molecule has 0 bridgehead atoms. The normalized spacial score (nSPS) is 12.1. The van der Waals surface area contributed by atoms with E-state index in [4.69, 9.17) is 4.74 Å². The second kappa shape index (κ2) is 15.6. The Morgan fingerprint density at radius 3 is 1.71 bits per heavy atom. The zero-order valence-electron chi connectivity index (χ0n) is 14.4. The maximum Gasteiger partial charge on any atom is 0.303 e. The van der Waals surface area contributed by atoms with Gasteiger partial charge in [-0.15, -0.1) is 0 Å². The molecular weight excluding hydrogens is 260 g/mol. The molecule has 0 fully saturated rings. The third kappa shape index (κ3) is 15.4. The number of ether oxygens (including phenoxy) is 1. The molecule has 0 unspecified atom stereocenters. The molecule has 0 saturated heterocycles. The number of hydrogen-bond donors (Lipinski definition) is 0. The van der Waals surface area contributed by atoms with Gasteiger partial charge in [0.1, 0.15) is 6.10 Å². The van der Waals surface area contributed by atoms with Crippen LogP contribution in [0.1, 0.15) is 97.3 Å². The summed E-state index contributed by atoms with van der Waals surface area (Å²) in [5.41, 5.74) is 0. The average Bonchev–Trinajstić information content (AvgIpc) is 2.46. The van der Waals surface area contributed by atoms with Crippen LogP contribution in [0.5, 0.6) is 0 Å². The number of carbonyl (C=O) groups excluding carboxylic acids is 1. The lowest BCUT2D eigenvalue weighted by molar-refractivity contribution is -0.144. The molecule has 0 aliphatic heterocycles. The number of unbranched alkanes of at least 4 members (excludes halogenated alkanes) is 11. The molecule has 0 radical (unpaired) electrons. The summed E-state index contributed by atoms with van der Waals surface area (Å²) < 4.78 is 5.14. The van der Waals surface area contributed by atoms with Gasteiger partial charge in [0, 0.05) is 6.92 Å². The van der Waals surface area contributed by atoms with Gasteiger partial charge >= 0.3 is 5.97 Å². The molecule has 2 heteroatoms. The maximum atomic E-state index is 10.9. The van der Waals surface area contributed by atoms with Gasteiger partial charge in [0.05, 0.1) is 0 Å². The van der Waals surface area contributed by atoms with Crippen molar-refractivity contribution in [2.75, 3.05) is 0 Å². The van der Waals surface area contributed by atoms with Crippen molar-refractivity contribution in [3.8, 4) is 0 Å². The van der Waals surface area contributed by atoms with Crippen LogP contribution in [0.4, 0.5) is 0 Å². The molecule has 2 nitrogen and oxygen atoms in total. The summed E-state index contributed by atoms with van der Waals surface area (Å²) in [4.78, 5) is 10.9. The summed E-state index contributed by atoms with van der Waals surface area (Å²) >= 11 is 0. The van der Waals surface area contributed by atoms with E-state index in [2.05, 4.69) is 13.5 Å². The number of rotatable bonds is 15. The summed E-state index contributed by atoms with van der Waals surface area (Å²) in [6.45, 7) is 7.44. The Kier molecular flexibility index (Phi) is 15.0. The molecule has 0 heterocycles. The van der Waals surface area contributed by atoms with E-state index in [0.29, 0.717) is 0 Å². The van der Waals surface area contributed by atoms with Crippen LogP contribution >= 0.6 is 0 Å². The molecule has 0 N–H and O–H groups in total. The SMILES string of the molecule is C=C[C@H](CCCCCCCCCCCCCC)OC(C)=O. The summed E-state index contributed by atoms with van der Waals surface area (Å²) in [6, 6.07) is 0. The molecule has 124 valence electrons. The van der Waals surface area contributed by atoms with Crippen molar-refractivity contribution in [1.29, 1.82) is 0 Å². The number of hydrogen-bond acceptors (Lipinski definition) is 2. The molecule has 0 aromatic heterocycles. The Labute approximate surface area is 132 Å². The third-order valence-electron chi connectivity index (χ3n) is 3.92. The van der Waals surface area contributed by atoms with Crippen molar-refractivity contribution >= 4 is 5.97 Å². The predicted molar refractivity (Wildman–Crippen MR) is 91.4 cm³/mol. The Balaban J connectivity index is 3.21. The monoisotopic (exact) mass is 296 g/mol. The first-order valence-electron chi connectivity index (χ1n) is 9.00. The number of carbonyl (C=O) groups is 1. The van der Waals surface area contributed by atoms with E-state index >= 15 is 0 Å². The fourth-order valence-corrected chi connectivity index (χ4v) is 2.62. The van der Waals surface area contributed by atoms with E-state index in [0.717, 1.165) is 12.8 Å². The maximum absolute atomic E-state index is 10.9. The molecule has 21 heavy (non-hydrogen) atoms. The minimum absolute atomic E-state index is 0.0920. The average molecular weight is 296 g/mol. The second-order valence-electron chi connectivity index (χ2n) is 6.06. The van der Waals surface area contributed by atoms with Crippen LogP contribution in [-0.4, -0.2) is 12.1 Å². The van der Waals surface area contributed by atoms with E-state index in [1.54, 1.807) is 6.08 Å². The largest absolute Gasteiger partial charge is 0.458 e.